The van der Waals surface area contributed by atoms with E-state index in [4.69, 9.17) is 11.6 Å². The first-order valence-corrected chi connectivity index (χ1v) is 13.9. The Labute approximate surface area is 224 Å². The zero-order valence-corrected chi connectivity index (χ0v) is 22.8. The molecule has 7 nitrogen and oxygen atoms in total. The first-order chi connectivity index (χ1) is 17.7. The number of carbonyl (C=O) groups excluding carboxylic acids is 2. The summed E-state index contributed by atoms with van der Waals surface area (Å²) in [6.07, 6.45) is 0.367. The molecule has 1 N–H and O–H groups in total. The molecule has 0 spiro atoms. The number of hydrogen-bond acceptors (Lipinski definition) is 4. The summed E-state index contributed by atoms with van der Waals surface area (Å²) in [6, 6.07) is 21.2. The monoisotopic (exact) mass is 541 g/mol. The van der Waals surface area contributed by atoms with Crippen LogP contribution in [0.1, 0.15) is 31.4 Å². The highest BCUT2D eigenvalue weighted by molar-refractivity contribution is 7.92. The van der Waals surface area contributed by atoms with Crippen molar-refractivity contribution in [3.05, 3.63) is 95.0 Å². The van der Waals surface area contributed by atoms with E-state index in [0.717, 1.165) is 15.4 Å². The van der Waals surface area contributed by atoms with Crippen LogP contribution in [0, 0.1) is 6.92 Å². The molecule has 3 aromatic carbocycles. The molecule has 0 aliphatic rings. The molecular weight excluding hydrogens is 510 g/mol. The van der Waals surface area contributed by atoms with Gasteiger partial charge >= 0.3 is 0 Å². The van der Waals surface area contributed by atoms with Gasteiger partial charge in [0.2, 0.25) is 11.8 Å². The molecule has 0 aliphatic carbocycles. The molecular formula is C28H32ClN3O4S. The maximum absolute atomic E-state index is 13.9. The van der Waals surface area contributed by atoms with Crippen LogP contribution >= 0.6 is 11.6 Å². The molecule has 0 aromatic heterocycles. The van der Waals surface area contributed by atoms with Gasteiger partial charge in [0.15, 0.2) is 0 Å². The number of rotatable bonds is 11. The van der Waals surface area contributed by atoms with Crippen LogP contribution in [0.2, 0.25) is 5.02 Å². The highest BCUT2D eigenvalue weighted by Gasteiger charge is 2.33. The van der Waals surface area contributed by atoms with Gasteiger partial charge in [-0.3, -0.25) is 13.9 Å². The fourth-order valence-corrected chi connectivity index (χ4v) is 5.59. The first kappa shape index (κ1) is 28.2. The second-order valence-electron chi connectivity index (χ2n) is 8.63. The van der Waals surface area contributed by atoms with E-state index in [1.807, 2.05) is 45.0 Å². The van der Waals surface area contributed by atoms with E-state index < -0.39 is 28.5 Å². The SMILES string of the molecule is CCNC(=O)[C@H](CC)N(Cc1ccc(C)cc1)C(=O)CN(c1cccc(Cl)c1)S(=O)(=O)c1ccccc1. The maximum atomic E-state index is 13.9. The van der Waals surface area contributed by atoms with Crippen LogP contribution < -0.4 is 9.62 Å². The van der Waals surface area contributed by atoms with E-state index in [1.54, 1.807) is 36.4 Å². The molecule has 0 saturated heterocycles. The van der Waals surface area contributed by atoms with Gasteiger partial charge in [0.1, 0.15) is 12.6 Å². The van der Waals surface area contributed by atoms with Gasteiger partial charge in [0.25, 0.3) is 10.0 Å². The number of amides is 2. The fourth-order valence-electron chi connectivity index (χ4n) is 3.98. The van der Waals surface area contributed by atoms with Gasteiger partial charge in [0.05, 0.1) is 10.6 Å². The van der Waals surface area contributed by atoms with Crippen LogP contribution in [-0.4, -0.2) is 44.3 Å². The minimum atomic E-state index is -4.11. The lowest BCUT2D eigenvalue weighted by Crippen LogP contribution is -2.52. The number of carbonyl (C=O) groups is 2. The van der Waals surface area contributed by atoms with Crippen molar-refractivity contribution < 1.29 is 18.0 Å². The van der Waals surface area contributed by atoms with E-state index in [9.17, 15) is 18.0 Å². The Kier molecular flexibility index (Phi) is 9.72. The molecule has 2 amide bonds. The molecule has 196 valence electrons. The number of nitrogens with zero attached hydrogens (tertiary/aromatic N) is 2. The van der Waals surface area contributed by atoms with E-state index in [-0.39, 0.29) is 23.0 Å². The molecule has 0 aliphatic heterocycles. The summed E-state index contributed by atoms with van der Waals surface area (Å²) in [5.41, 5.74) is 2.16. The Morgan fingerprint density at radius 2 is 1.62 bits per heavy atom. The molecule has 37 heavy (non-hydrogen) atoms. The van der Waals surface area contributed by atoms with Crippen molar-refractivity contribution in [2.24, 2.45) is 0 Å². The smallest absolute Gasteiger partial charge is 0.264 e. The predicted octanol–water partition coefficient (Wildman–Crippen LogP) is 4.79. The van der Waals surface area contributed by atoms with Gasteiger partial charge in [-0.2, -0.15) is 0 Å². The van der Waals surface area contributed by atoms with Gasteiger partial charge in [-0.1, -0.05) is 72.6 Å². The van der Waals surface area contributed by atoms with Gasteiger partial charge in [0, 0.05) is 18.1 Å². The van der Waals surface area contributed by atoms with E-state index in [1.165, 1.54) is 23.1 Å². The van der Waals surface area contributed by atoms with Crippen molar-refractivity contribution >= 4 is 39.1 Å². The lowest BCUT2D eigenvalue weighted by atomic mass is 10.1. The topological polar surface area (TPSA) is 86.8 Å². The number of nitrogens with one attached hydrogen (secondary N) is 1. The van der Waals surface area contributed by atoms with Crippen molar-refractivity contribution in [1.29, 1.82) is 0 Å². The summed E-state index contributed by atoms with van der Waals surface area (Å²) in [7, 11) is -4.11. The predicted molar refractivity (Wildman–Crippen MR) is 147 cm³/mol. The van der Waals surface area contributed by atoms with Crippen molar-refractivity contribution in [1.82, 2.24) is 10.2 Å². The van der Waals surface area contributed by atoms with Crippen LogP contribution in [0.5, 0.6) is 0 Å². The summed E-state index contributed by atoms with van der Waals surface area (Å²) < 4.78 is 28.5. The lowest BCUT2D eigenvalue weighted by Gasteiger charge is -2.33. The number of likely N-dealkylation sites (N-methyl/N-ethyl adjacent to an activating group) is 1. The minimum Gasteiger partial charge on any atom is -0.355 e. The summed E-state index contributed by atoms with van der Waals surface area (Å²) >= 11 is 6.18. The quantitative estimate of drug-likeness (QED) is 0.378. The zero-order chi connectivity index (χ0) is 27.0. The van der Waals surface area contributed by atoms with Crippen LogP contribution in [0.4, 0.5) is 5.69 Å². The van der Waals surface area contributed by atoms with E-state index in [2.05, 4.69) is 5.32 Å². The van der Waals surface area contributed by atoms with Crippen molar-refractivity contribution in [2.75, 3.05) is 17.4 Å². The molecule has 0 radical (unpaired) electrons. The second-order valence-corrected chi connectivity index (χ2v) is 10.9. The summed E-state index contributed by atoms with van der Waals surface area (Å²) in [4.78, 5) is 28.3. The normalized spacial score (nSPS) is 12.0. The third-order valence-corrected chi connectivity index (χ3v) is 7.94. The average molecular weight is 542 g/mol. The van der Waals surface area contributed by atoms with Gasteiger partial charge in [-0.15, -0.1) is 0 Å². The van der Waals surface area contributed by atoms with Crippen LogP contribution in [0.15, 0.2) is 83.8 Å². The molecule has 0 heterocycles. The second kappa shape index (κ2) is 12.7. The Morgan fingerprint density at radius 3 is 2.22 bits per heavy atom. The van der Waals surface area contributed by atoms with Crippen LogP contribution in [-0.2, 0) is 26.2 Å². The molecule has 0 unspecified atom stereocenters. The number of hydrogen-bond donors (Lipinski definition) is 1. The molecule has 9 heteroatoms. The van der Waals surface area contributed by atoms with Gasteiger partial charge < -0.3 is 10.2 Å². The number of sulfonamides is 1. The van der Waals surface area contributed by atoms with Crippen molar-refractivity contribution in [3.63, 3.8) is 0 Å². The van der Waals surface area contributed by atoms with Crippen molar-refractivity contribution in [2.45, 2.75) is 44.7 Å². The number of anilines is 1. The zero-order valence-electron chi connectivity index (χ0n) is 21.2. The highest BCUT2D eigenvalue weighted by atomic mass is 35.5. The standard InChI is InChI=1S/C28H32ClN3O4S/c1-4-26(28(34)30-5-2)31(19-22-16-14-21(3)15-17-22)27(33)20-32(24-11-9-10-23(29)18-24)37(35,36)25-12-7-6-8-13-25/h6-18,26H,4-5,19-20H2,1-3H3,(H,30,34)/t26-/m0/s1. The fraction of sp³-hybridized carbons (Fsp3) is 0.286. The van der Waals surface area contributed by atoms with E-state index in [0.29, 0.717) is 18.0 Å². The summed E-state index contributed by atoms with van der Waals surface area (Å²) in [6.45, 7) is 5.67. The Bertz CT molecular complexity index is 1310. The number of aryl methyl sites for hydroxylation is 1. The van der Waals surface area contributed by atoms with E-state index >= 15 is 0 Å². The molecule has 0 bridgehead atoms. The van der Waals surface area contributed by atoms with Gasteiger partial charge in [-0.05, 0) is 56.2 Å². The Balaban J connectivity index is 2.04. The molecule has 3 aromatic rings. The highest BCUT2D eigenvalue weighted by Crippen LogP contribution is 2.27. The largest absolute Gasteiger partial charge is 0.355 e. The number of halogens is 1. The lowest BCUT2D eigenvalue weighted by molar-refractivity contribution is -0.140. The number of benzene rings is 3. The Morgan fingerprint density at radius 1 is 0.946 bits per heavy atom. The third kappa shape index (κ3) is 7.11. The van der Waals surface area contributed by atoms with Gasteiger partial charge in [-0.25, -0.2) is 8.42 Å². The summed E-state index contributed by atoms with van der Waals surface area (Å²) in [5.74, 6) is -0.788. The molecule has 1 atom stereocenters. The molecule has 0 fully saturated rings. The maximum Gasteiger partial charge on any atom is 0.264 e. The van der Waals surface area contributed by atoms with Crippen molar-refractivity contribution in [3.8, 4) is 0 Å². The van der Waals surface area contributed by atoms with Crippen LogP contribution in [0.3, 0.4) is 0 Å². The Hall–Kier alpha value is -3.36. The molecule has 3 rings (SSSR count). The third-order valence-electron chi connectivity index (χ3n) is 5.92. The average Bonchev–Trinajstić information content (AvgIpc) is 2.88. The molecule has 0 saturated carbocycles. The minimum absolute atomic E-state index is 0.0450. The first-order valence-electron chi connectivity index (χ1n) is 12.1. The van der Waals surface area contributed by atoms with Crippen LogP contribution in [0.25, 0.3) is 0 Å². The summed E-state index contributed by atoms with van der Waals surface area (Å²) in [5, 5.41) is 3.13.